The van der Waals surface area contributed by atoms with E-state index in [2.05, 4.69) is 68.9 Å². The van der Waals surface area contributed by atoms with Gasteiger partial charge in [-0.1, -0.05) is 54.6 Å². The lowest BCUT2D eigenvalue weighted by molar-refractivity contribution is -0.115. The fraction of sp³-hybridized carbons (Fsp3) is 0.324. The van der Waals surface area contributed by atoms with Gasteiger partial charge in [-0.3, -0.25) is 4.79 Å². The summed E-state index contributed by atoms with van der Waals surface area (Å²) in [4.78, 5) is 27.0. The maximum absolute atomic E-state index is 13.9. The number of hydrogen-bond acceptors (Lipinski definition) is 6. The number of nitrogens with one attached hydrogen (secondary N) is 2. The van der Waals surface area contributed by atoms with E-state index in [0.29, 0.717) is 17.2 Å². The zero-order chi connectivity index (χ0) is 28.9. The van der Waals surface area contributed by atoms with E-state index in [1.165, 1.54) is 11.6 Å². The van der Waals surface area contributed by atoms with E-state index in [9.17, 15) is 9.18 Å². The first kappa shape index (κ1) is 28.0. The van der Waals surface area contributed by atoms with Gasteiger partial charge in [0.25, 0.3) is 0 Å². The Labute approximate surface area is 246 Å². The van der Waals surface area contributed by atoms with Crippen LogP contribution < -0.4 is 10.6 Å². The molecule has 6 rings (SSSR count). The second-order valence-electron chi connectivity index (χ2n) is 11.3. The minimum absolute atomic E-state index is 0.00564. The lowest BCUT2D eigenvalue weighted by Gasteiger charge is -2.32. The molecule has 2 heterocycles. The Morgan fingerprint density at radius 2 is 1.74 bits per heavy atom. The van der Waals surface area contributed by atoms with Gasteiger partial charge in [-0.15, -0.1) is 0 Å². The molecule has 2 N–H and O–H groups in total. The Balaban J connectivity index is 1.10. The molecule has 1 fully saturated rings. The minimum atomic E-state index is -0.368. The number of carbonyl (C=O) groups is 1. The van der Waals surface area contributed by atoms with Gasteiger partial charge >= 0.3 is 0 Å². The molecule has 1 amide bonds. The number of hydrogen-bond donors (Lipinski definition) is 2. The maximum Gasteiger partial charge on any atom is 0.228 e. The molecule has 1 aliphatic heterocycles. The molecule has 0 bridgehead atoms. The van der Waals surface area contributed by atoms with Crippen LogP contribution in [-0.2, 0) is 17.6 Å². The summed E-state index contributed by atoms with van der Waals surface area (Å²) in [5.74, 6) is 0.219. The van der Waals surface area contributed by atoms with Crippen LogP contribution in [0, 0.1) is 5.82 Å². The smallest absolute Gasteiger partial charge is 0.228 e. The summed E-state index contributed by atoms with van der Waals surface area (Å²) in [5.41, 5.74) is 6.73. The lowest BCUT2D eigenvalue weighted by Crippen LogP contribution is -2.44. The molecule has 4 aromatic rings. The largest absolute Gasteiger partial charge is 0.354 e. The molecular weight excluding hydrogens is 527 g/mol. The van der Waals surface area contributed by atoms with E-state index in [0.717, 1.165) is 74.5 Å². The number of halogens is 1. The Morgan fingerprint density at radius 1 is 0.976 bits per heavy atom. The highest BCUT2D eigenvalue weighted by molar-refractivity contribution is 5.92. The molecule has 216 valence electrons. The fourth-order valence-corrected chi connectivity index (χ4v) is 5.91. The summed E-state index contributed by atoms with van der Waals surface area (Å²) in [6.07, 6.45) is 3.82. The number of carbonyl (C=O) groups excluding carboxylic acids is 1. The summed E-state index contributed by atoms with van der Waals surface area (Å²) in [5, 5.41) is 6.34. The number of aromatic nitrogens is 2. The fourth-order valence-electron chi connectivity index (χ4n) is 5.91. The molecule has 1 unspecified atom stereocenters. The van der Waals surface area contributed by atoms with Crippen LogP contribution in [0.4, 0.5) is 16.0 Å². The molecule has 1 atom stereocenters. The molecular formula is C34H37FN6O. The van der Waals surface area contributed by atoms with Gasteiger partial charge in [0.2, 0.25) is 11.9 Å². The number of anilines is 2. The van der Waals surface area contributed by atoms with E-state index in [1.54, 1.807) is 18.2 Å². The van der Waals surface area contributed by atoms with Crippen LogP contribution in [0.25, 0.3) is 11.3 Å². The first-order chi connectivity index (χ1) is 20.5. The van der Waals surface area contributed by atoms with Crippen LogP contribution in [0.3, 0.4) is 0 Å². The van der Waals surface area contributed by atoms with E-state index in [1.807, 2.05) is 18.3 Å². The number of nitrogens with zero attached hydrogens (tertiary/aromatic N) is 4. The Morgan fingerprint density at radius 3 is 2.55 bits per heavy atom. The third-order valence-electron chi connectivity index (χ3n) is 8.32. The quantitative estimate of drug-likeness (QED) is 0.272. The molecule has 7 nitrogen and oxygen atoms in total. The molecule has 0 saturated carbocycles. The second kappa shape index (κ2) is 12.8. The normalized spacial score (nSPS) is 16.9. The first-order valence-corrected chi connectivity index (χ1v) is 14.8. The Hall–Kier alpha value is -4.14. The number of likely N-dealkylation sites (N-methyl/N-ethyl adjacent to an activating group) is 1. The summed E-state index contributed by atoms with van der Waals surface area (Å²) >= 11 is 0. The molecule has 2 aliphatic rings. The van der Waals surface area contributed by atoms with Gasteiger partial charge in [0.1, 0.15) is 5.82 Å². The third-order valence-corrected chi connectivity index (χ3v) is 8.32. The first-order valence-electron chi connectivity index (χ1n) is 14.8. The third kappa shape index (κ3) is 6.50. The summed E-state index contributed by atoms with van der Waals surface area (Å²) in [6.45, 7) is 6.48. The van der Waals surface area contributed by atoms with Crippen molar-refractivity contribution in [2.45, 2.75) is 25.2 Å². The summed E-state index contributed by atoms with van der Waals surface area (Å²) in [7, 11) is 2.18. The average molecular weight is 565 g/mol. The van der Waals surface area contributed by atoms with Crippen molar-refractivity contribution in [3.05, 3.63) is 107 Å². The molecule has 1 aromatic heterocycles. The van der Waals surface area contributed by atoms with Crippen LogP contribution in [-0.4, -0.2) is 72.0 Å². The van der Waals surface area contributed by atoms with Crippen molar-refractivity contribution in [2.75, 3.05) is 56.9 Å². The summed E-state index contributed by atoms with van der Waals surface area (Å²) in [6, 6.07) is 22.8. The second-order valence-corrected chi connectivity index (χ2v) is 11.3. The van der Waals surface area contributed by atoms with Gasteiger partial charge in [-0.05, 0) is 66.9 Å². The van der Waals surface area contributed by atoms with Crippen molar-refractivity contribution in [1.29, 1.82) is 0 Å². The van der Waals surface area contributed by atoms with Crippen LogP contribution >= 0.6 is 0 Å². The minimum Gasteiger partial charge on any atom is -0.354 e. The van der Waals surface area contributed by atoms with Crippen LogP contribution in [0.15, 0.2) is 79.0 Å². The number of fused-ring (bicyclic) bond motifs is 3. The highest BCUT2D eigenvalue weighted by atomic mass is 19.1. The number of piperazine rings is 1. The van der Waals surface area contributed by atoms with Crippen LogP contribution in [0.1, 0.15) is 34.6 Å². The zero-order valence-corrected chi connectivity index (χ0v) is 24.0. The van der Waals surface area contributed by atoms with Crippen LogP contribution in [0.5, 0.6) is 0 Å². The molecule has 0 radical (unpaired) electrons. The van der Waals surface area contributed by atoms with Gasteiger partial charge in [0.05, 0.1) is 12.1 Å². The van der Waals surface area contributed by atoms with Crippen molar-refractivity contribution in [1.82, 2.24) is 19.8 Å². The van der Waals surface area contributed by atoms with Gasteiger partial charge in [0, 0.05) is 56.1 Å². The SMILES string of the molecule is CN1CCN(CCCNc2ncc3c(n2)-c2ccccc2C(c2ccc(NC(=O)Cc4ccccc4F)cc2)C3)CC1. The standard InChI is InChI=1S/C34H37FN6O/c1-40-17-19-41(20-18-40)16-6-15-36-34-37-23-26-21-30(28-8-3-4-9-29(28)33(26)39-34)24-11-13-27(14-12-24)38-32(42)22-25-7-2-5-10-31(25)35/h2-5,7-14,23,30H,6,15-22H2,1H3,(H,38,42)(H,36,37,39). The highest BCUT2D eigenvalue weighted by Gasteiger charge is 2.27. The molecule has 42 heavy (non-hydrogen) atoms. The maximum atomic E-state index is 13.9. The molecule has 8 heteroatoms. The van der Waals surface area contributed by atoms with Gasteiger partial charge in [-0.25, -0.2) is 14.4 Å². The van der Waals surface area contributed by atoms with Gasteiger partial charge in [0.15, 0.2) is 0 Å². The van der Waals surface area contributed by atoms with Gasteiger partial charge in [-0.2, -0.15) is 0 Å². The van der Waals surface area contributed by atoms with Crippen molar-refractivity contribution in [2.24, 2.45) is 0 Å². The number of rotatable bonds is 9. The topological polar surface area (TPSA) is 73.4 Å². The van der Waals surface area contributed by atoms with Crippen molar-refractivity contribution >= 4 is 17.5 Å². The van der Waals surface area contributed by atoms with Gasteiger partial charge < -0.3 is 20.4 Å². The zero-order valence-electron chi connectivity index (χ0n) is 24.0. The summed E-state index contributed by atoms with van der Waals surface area (Å²) < 4.78 is 13.9. The van der Waals surface area contributed by atoms with Crippen molar-refractivity contribution < 1.29 is 9.18 Å². The predicted octanol–water partition coefficient (Wildman–Crippen LogP) is 5.20. The van der Waals surface area contributed by atoms with Crippen molar-refractivity contribution in [3.8, 4) is 11.3 Å². The highest BCUT2D eigenvalue weighted by Crippen LogP contribution is 2.42. The number of benzene rings is 3. The molecule has 3 aromatic carbocycles. The predicted molar refractivity (Wildman–Crippen MR) is 165 cm³/mol. The van der Waals surface area contributed by atoms with Crippen LogP contribution in [0.2, 0.25) is 0 Å². The van der Waals surface area contributed by atoms with E-state index < -0.39 is 0 Å². The van der Waals surface area contributed by atoms with E-state index in [-0.39, 0.29) is 24.1 Å². The molecule has 0 spiro atoms. The molecule has 1 saturated heterocycles. The number of amides is 1. The Bertz CT molecular complexity index is 1530. The Kier molecular flexibility index (Phi) is 8.53. The monoisotopic (exact) mass is 564 g/mol. The van der Waals surface area contributed by atoms with E-state index in [4.69, 9.17) is 4.98 Å². The molecule has 1 aliphatic carbocycles. The van der Waals surface area contributed by atoms with Crippen molar-refractivity contribution in [3.63, 3.8) is 0 Å². The lowest BCUT2D eigenvalue weighted by atomic mass is 9.78. The van der Waals surface area contributed by atoms with E-state index >= 15 is 0 Å². The average Bonchev–Trinajstić information content (AvgIpc) is 3.01.